The number of benzene rings is 2. The molecule has 6 nitrogen and oxygen atoms in total. The molecule has 4 heterocycles. The number of fused-ring (bicyclic) bond motifs is 5. The van der Waals surface area contributed by atoms with Crippen molar-refractivity contribution < 1.29 is 22.7 Å². The fraction of sp³-hybridized carbons (Fsp3) is 0.250. The Morgan fingerprint density at radius 3 is 2.64 bits per heavy atom. The first-order chi connectivity index (χ1) is 15.9. The summed E-state index contributed by atoms with van der Waals surface area (Å²) in [7, 11) is 0. The highest BCUT2D eigenvalue weighted by Gasteiger charge is 2.48. The van der Waals surface area contributed by atoms with E-state index >= 15 is 0 Å². The zero-order valence-electron chi connectivity index (χ0n) is 17.4. The van der Waals surface area contributed by atoms with Crippen molar-refractivity contribution >= 4 is 16.8 Å². The van der Waals surface area contributed by atoms with Crippen molar-refractivity contribution in [3.63, 3.8) is 0 Å². The number of para-hydroxylation sites is 2. The van der Waals surface area contributed by atoms with Crippen molar-refractivity contribution in [3.8, 4) is 11.4 Å². The first kappa shape index (κ1) is 19.9. The van der Waals surface area contributed by atoms with Gasteiger partial charge in [0.15, 0.2) is 5.60 Å². The average molecular weight is 452 g/mol. The number of carbonyl (C=O) groups excluding carboxylic acids is 1. The van der Waals surface area contributed by atoms with Crippen LogP contribution in [-0.2, 0) is 11.8 Å². The van der Waals surface area contributed by atoms with Crippen LogP contribution >= 0.6 is 0 Å². The maximum absolute atomic E-state index is 13.8. The number of halogens is 3. The van der Waals surface area contributed by atoms with Crippen LogP contribution in [0.25, 0.3) is 16.6 Å². The normalized spacial score (nSPS) is 17.0. The lowest BCUT2D eigenvalue weighted by atomic mass is 9.86. The third-order valence-electron chi connectivity index (χ3n) is 6.60. The van der Waals surface area contributed by atoms with Crippen molar-refractivity contribution in [2.45, 2.75) is 24.6 Å². The van der Waals surface area contributed by atoms with E-state index in [1.165, 1.54) is 10.6 Å². The zero-order valence-corrected chi connectivity index (χ0v) is 17.4. The molecule has 0 radical (unpaired) electrons. The summed E-state index contributed by atoms with van der Waals surface area (Å²) in [5, 5.41) is 7.69. The molecule has 2 aromatic carbocycles. The number of hydrogen-bond donors (Lipinski definition) is 1. The number of aromatic nitrogens is 3. The molecule has 168 valence electrons. The second-order valence-corrected chi connectivity index (χ2v) is 8.47. The van der Waals surface area contributed by atoms with Crippen molar-refractivity contribution in [3.05, 3.63) is 77.7 Å². The minimum atomic E-state index is -4.49. The summed E-state index contributed by atoms with van der Waals surface area (Å²) in [4.78, 5) is 14.8. The lowest BCUT2D eigenvalue weighted by Crippen LogP contribution is -2.50. The first-order valence-corrected chi connectivity index (χ1v) is 10.7. The number of nitrogens with one attached hydrogen (secondary N) is 1. The number of amides is 1. The Kier molecular flexibility index (Phi) is 4.14. The van der Waals surface area contributed by atoms with Crippen LogP contribution in [0.4, 0.5) is 13.2 Å². The largest absolute Gasteiger partial charge is 0.479 e. The van der Waals surface area contributed by atoms with Gasteiger partial charge in [-0.2, -0.15) is 18.3 Å². The van der Waals surface area contributed by atoms with Gasteiger partial charge in [0, 0.05) is 36.9 Å². The van der Waals surface area contributed by atoms with E-state index in [9.17, 15) is 18.0 Å². The van der Waals surface area contributed by atoms with E-state index in [0.717, 1.165) is 17.0 Å². The molecular formula is C24H19F3N4O2. The Balaban J connectivity index is 1.32. The number of nitrogens with zero attached hydrogens (tertiary/aromatic N) is 3. The van der Waals surface area contributed by atoms with Gasteiger partial charge in [-0.05, 0) is 42.5 Å². The van der Waals surface area contributed by atoms with Crippen LogP contribution in [0.5, 0.6) is 5.75 Å². The van der Waals surface area contributed by atoms with Crippen LogP contribution < -0.4 is 4.74 Å². The van der Waals surface area contributed by atoms with Crippen LogP contribution in [0.2, 0.25) is 0 Å². The maximum Gasteiger partial charge on any atom is 0.431 e. The molecule has 0 saturated carbocycles. The van der Waals surface area contributed by atoms with Crippen LogP contribution in [0.3, 0.4) is 0 Å². The SMILES string of the molecule is O=C(c1ccc2[nH]ncc2c1)N1CCC2(CC1)Oc1ccccc1-n1c(C(F)(F)F)ccc12. The molecule has 33 heavy (non-hydrogen) atoms. The molecule has 1 spiro atoms. The summed E-state index contributed by atoms with van der Waals surface area (Å²) < 4.78 is 49.0. The van der Waals surface area contributed by atoms with Crippen molar-refractivity contribution in [2.75, 3.05) is 13.1 Å². The summed E-state index contributed by atoms with van der Waals surface area (Å²) in [6.07, 6.45) is -2.05. The minimum absolute atomic E-state index is 0.115. The molecule has 0 bridgehead atoms. The molecule has 9 heteroatoms. The highest BCUT2D eigenvalue weighted by atomic mass is 19.4. The molecule has 0 aliphatic carbocycles. The molecule has 0 atom stereocenters. The predicted molar refractivity (Wildman–Crippen MR) is 114 cm³/mol. The van der Waals surface area contributed by atoms with Gasteiger partial charge in [0.1, 0.15) is 11.4 Å². The van der Waals surface area contributed by atoms with Crippen molar-refractivity contribution in [2.24, 2.45) is 0 Å². The molecule has 0 unspecified atom stereocenters. The van der Waals surface area contributed by atoms with Crippen LogP contribution in [0.1, 0.15) is 34.6 Å². The monoisotopic (exact) mass is 452 g/mol. The molecule has 6 rings (SSSR count). The second kappa shape index (κ2) is 6.87. The highest BCUT2D eigenvalue weighted by molar-refractivity contribution is 5.98. The standard InChI is InChI=1S/C24H19F3N4O2/c25-24(26,27)21-8-7-20-23(33-19-4-2-1-3-18(19)31(20)21)9-11-30(12-10-23)22(32)15-5-6-17-16(13-15)14-28-29-17/h1-8,13-14H,9-12H2,(H,28,29). The van der Waals surface area contributed by atoms with Gasteiger partial charge in [-0.25, -0.2) is 0 Å². The number of hydrogen-bond acceptors (Lipinski definition) is 3. The summed E-state index contributed by atoms with van der Waals surface area (Å²) in [6.45, 7) is 0.744. The van der Waals surface area contributed by atoms with Gasteiger partial charge in [0.25, 0.3) is 5.91 Å². The smallest absolute Gasteiger partial charge is 0.431 e. The minimum Gasteiger partial charge on any atom is -0.479 e. The van der Waals surface area contributed by atoms with Gasteiger partial charge in [0.05, 0.1) is 23.1 Å². The Labute approximate surface area is 186 Å². The third-order valence-corrected chi connectivity index (χ3v) is 6.60. The number of rotatable bonds is 1. The molecule has 2 aliphatic heterocycles. The van der Waals surface area contributed by atoms with Gasteiger partial charge in [-0.3, -0.25) is 9.89 Å². The third kappa shape index (κ3) is 3.02. The Bertz CT molecular complexity index is 1380. The molecule has 1 amide bonds. The number of H-pyrrole nitrogens is 1. The number of aromatic amines is 1. The zero-order chi connectivity index (χ0) is 22.8. The summed E-state index contributed by atoms with van der Waals surface area (Å²) in [6, 6.07) is 14.7. The Morgan fingerprint density at radius 2 is 1.85 bits per heavy atom. The number of alkyl halides is 3. The van der Waals surface area contributed by atoms with Gasteiger partial charge in [-0.15, -0.1) is 0 Å². The fourth-order valence-corrected chi connectivity index (χ4v) is 4.95. The lowest BCUT2D eigenvalue weighted by molar-refractivity contribution is -0.143. The molecule has 2 aromatic heterocycles. The molecule has 1 fully saturated rings. The van der Waals surface area contributed by atoms with Gasteiger partial charge in [-0.1, -0.05) is 12.1 Å². The van der Waals surface area contributed by atoms with Crippen LogP contribution in [0, 0.1) is 0 Å². The summed E-state index contributed by atoms with van der Waals surface area (Å²) in [5.74, 6) is 0.299. The van der Waals surface area contributed by atoms with Gasteiger partial charge < -0.3 is 14.2 Å². The quantitative estimate of drug-likeness (QED) is 0.447. The number of carbonyl (C=O) groups is 1. The van der Waals surface area contributed by atoms with E-state index in [1.54, 1.807) is 47.5 Å². The number of piperidine rings is 1. The highest BCUT2D eigenvalue weighted by Crippen LogP contribution is 2.48. The van der Waals surface area contributed by atoms with Gasteiger partial charge in [0.2, 0.25) is 0 Å². The van der Waals surface area contributed by atoms with Gasteiger partial charge >= 0.3 is 6.18 Å². The van der Waals surface area contributed by atoms with Crippen molar-refractivity contribution in [1.29, 1.82) is 0 Å². The lowest BCUT2D eigenvalue weighted by Gasteiger charge is -2.45. The van der Waals surface area contributed by atoms with E-state index in [4.69, 9.17) is 4.74 Å². The van der Waals surface area contributed by atoms with Crippen LogP contribution in [0.15, 0.2) is 60.8 Å². The molecular weight excluding hydrogens is 433 g/mol. The van der Waals surface area contributed by atoms with E-state index in [-0.39, 0.29) is 5.91 Å². The summed E-state index contributed by atoms with van der Waals surface area (Å²) in [5.41, 5.74) is 0.600. The second-order valence-electron chi connectivity index (χ2n) is 8.47. The molecule has 1 N–H and O–H groups in total. The molecule has 4 aromatic rings. The first-order valence-electron chi connectivity index (χ1n) is 10.7. The predicted octanol–water partition coefficient (Wildman–Crippen LogP) is 4.90. The maximum atomic E-state index is 13.8. The average Bonchev–Trinajstić information content (AvgIpc) is 3.46. The van der Waals surface area contributed by atoms with Crippen LogP contribution in [-0.4, -0.2) is 38.7 Å². The number of likely N-dealkylation sites (tertiary alicyclic amines) is 1. The molecule has 1 saturated heterocycles. The Morgan fingerprint density at radius 1 is 1.06 bits per heavy atom. The number of ether oxygens (including phenoxy) is 1. The van der Waals surface area contributed by atoms with Crippen molar-refractivity contribution in [1.82, 2.24) is 19.7 Å². The topological polar surface area (TPSA) is 63.1 Å². The molecule has 2 aliphatic rings. The fourth-order valence-electron chi connectivity index (χ4n) is 4.95. The van der Waals surface area contributed by atoms with E-state index in [0.29, 0.717) is 48.6 Å². The van der Waals surface area contributed by atoms with E-state index in [2.05, 4.69) is 10.2 Å². The Hall–Kier alpha value is -3.75. The summed E-state index contributed by atoms with van der Waals surface area (Å²) >= 11 is 0. The van der Waals surface area contributed by atoms with E-state index < -0.39 is 17.5 Å². The van der Waals surface area contributed by atoms with E-state index in [1.807, 2.05) is 6.07 Å².